The van der Waals surface area contributed by atoms with Gasteiger partial charge in [-0.2, -0.15) is 5.48 Å². The second-order valence-electron chi connectivity index (χ2n) is 4.76. The molecule has 0 aromatic heterocycles. The highest BCUT2D eigenvalue weighted by atomic mass is 16.6. The van der Waals surface area contributed by atoms with Crippen molar-refractivity contribution >= 4 is 11.6 Å². The molecule has 0 atom stereocenters. The summed E-state index contributed by atoms with van der Waals surface area (Å²) in [5.74, 6) is 0.566. The van der Waals surface area contributed by atoms with Gasteiger partial charge in [0, 0.05) is 6.54 Å². The lowest BCUT2D eigenvalue weighted by Crippen LogP contribution is -2.25. The molecule has 5 nitrogen and oxygen atoms in total. The Morgan fingerprint density at radius 2 is 2.00 bits per heavy atom. The summed E-state index contributed by atoms with van der Waals surface area (Å²) in [6.07, 6.45) is 0. The molecule has 2 N–H and O–H groups in total. The molecule has 2 aromatic carbocycles. The number of hydroxylamine groups is 1. The molecule has 0 bridgehead atoms. The molecule has 1 amide bonds. The van der Waals surface area contributed by atoms with Crippen LogP contribution in [0.2, 0.25) is 0 Å². The molecule has 2 aromatic rings. The summed E-state index contributed by atoms with van der Waals surface area (Å²) in [5, 5.41) is 2.78. The van der Waals surface area contributed by atoms with Gasteiger partial charge < -0.3 is 10.1 Å². The number of fused-ring (bicyclic) bond motifs is 1. The molecular weight excluding hydrogens is 268 g/mol. The fourth-order valence-electron chi connectivity index (χ4n) is 2.08. The molecule has 5 heteroatoms. The van der Waals surface area contributed by atoms with E-state index < -0.39 is 0 Å². The Morgan fingerprint density at radius 1 is 1.14 bits per heavy atom. The minimum atomic E-state index is -0.132. The van der Waals surface area contributed by atoms with Crippen LogP contribution in [0.5, 0.6) is 5.75 Å². The zero-order valence-corrected chi connectivity index (χ0v) is 11.5. The molecule has 0 saturated carbocycles. The number of anilines is 1. The molecule has 0 radical (unpaired) electrons. The number of carbonyl (C=O) groups excluding carboxylic acids is 1. The van der Waals surface area contributed by atoms with Crippen molar-refractivity contribution in [2.75, 3.05) is 11.9 Å². The van der Waals surface area contributed by atoms with E-state index in [9.17, 15) is 4.79 Å². The maximum Gasteiger partial charge on any atom is 0.262 e. The van der Waals surface area contributed by atoms with Gasteiger partial charge in [-0.1, -0.05) is 36.4 Å². The van der Waals surface area contributed by atoms with Crippen LogP contribution in [-0.2, 0) is 22.8 Å². The summed E-state index contributed by atoms with van der Waals surface area (Å²) in [6.45, 7) is 1.13. The monoisotopic (exact) mass is 284 g/mol. The Morgan fingerprint density at radius 3 is 2.86 bits per heavy atom. The SMILES string of the molecule is O=C1COc2ccc(CNOCc3ccccc3)cc2N1. The van der Waals surface area contributed by atoms with Crippen LogP contribution in [-0.4, -0.2) is 12.5 Å². The van der Waals surface area contributed by atoms with Crippen LogP contribution in [0.15, 0.2) is 48.5 Å². The van der Waals surface area contributed by atoms with Crippen molar-refractivity contribution in [3.63, 3.8) is 0 Å². The zero-order chi connectivity index (χ0) is 14.5. The van der Waals surface area contributed by atoms with Crippen molar-refractivity contribution in [2.24, 2.45) is 0 Å². The van der Waals surface area contributed by atoms with E-state index in [-0.39, 0.29) is 12.5 Å². The van der Waals surface area contributed by atoms with Crippen LogP contribution >= 0.6 is 0 Å². The number of benzene rings is 2. The highest BCUT2D eigenvalue weighted by Gasteiger charge is 2.15. The van der Waals surface area contributed by atoms with E-state index in [2.05, 4.69) is 10.8 Å². The highest BCUT2D eigenvalue weighted by Crippen LogP contribution is 2.28. The average molecular weight is 284 g/mol. The van der Waals surface area contributed by atoms with Crippen LogP contribution in [0, 0.1) is 0 Å². The molecule has 0 saturated heterocycles. The van der Waals surface area contributed by atoms with Crippen LogP contribution in [0.3, 0.4) is 0 Å². The number of rotatable bonds is 5. The summed E-state index contributed by atoms with van der Waals surface area (Å²) in [5.41, 5.74) is 5.73. The summed E-state index contributed by atoms with van der Waals surface area (Å²) in [6, 6.07) is 15.6. The van der Waals surface area contributed by atoms with Gasteiger partial charge in [0.2, 0.25) is 0 Å². The number of carbonyl (C=O) groups is 1. The van der Waals surface area contributed by atoms with Crippen LogP contribution < -0.4 is 15.5 Å². The smallest absolute Gasteiger partial charge is 0.262 e. The van der Waals surface area contributed by atoms with E-state index in [1.807, 2.05) is 48.5 Å². The third-order valence-corrected chi connectivity index (χ3v) is 3.14. The van der Waals surface area contributed by atoms with E-state index in [1.54, 1.807) is 0 Å². The van der Waals surface area contributed by atoms with Crippen molar-refractivity contribution < 1.29 is 14.4 Å². The summed E-state index contributed by atoms with van der Waals surface area (Å²) < 4.78 is 5.31. The van der Waals surface area contributed by atoms with E-state index in [0.29, 0.717) is 24.6 Å². The quantitative estimate of drug-likeness (QED) is 0.653. The van der Waals surface area contributed by atoms with E-state index in [1.165, 1.54) is 0 Å². The van der Waals surface area contributed by atoms with Gasteiger partial charge in [-0.3, -0.25) is 9.63 Å². The predicted octanol–water partition coefficient (Wildman–Crippen LogP) is 2.24. The Bertz CT molecular complexity index is 629. The van der Waals surface area contributed by atoms with Crippen LogP contribution in [0.4, 0.5) is 5.69 Å². The molecular formula is C16H16N2O3. The maximum atomic E-state index is 11.3. The molecule has 0 fully saturated rings. The second-order valence-corrected chi connectivity index (χ2v) is 4.76. The summed E-state index contributed by atoms with van der Waals surface area (Å²) in [4.78, 5) is 16.7. The Kier molecular flexibility index (Phi) is 4.14. The minimum absolute atomic E-state index is 0.0742. The lowest BCUT2D eigenvalue weighted by molar-refractivity contribution is -0.118. The Labute approximate surface area is 122 Å². The molecule has 1 aliphatic heterocycles. The number of nitrogens with one attached hydrogen (secondary N) is 2. The second kappa shape index (κ2) is 6.39. The van der Waals surface area contributed by atoms with Gasteiger partial charge in [0.25, 0.3) is 5.91 Å². The van der Waals surface area contributed by atoms with Gasteiger partial charge in [-0.15, -0.1) is 0 Å². The van der Waals surface area contributed by atoms with Gasteiger partial charge >= 0.3 is 0 Å². The summed E-state index contributed by atoms with van der Waals surface area (Å²) in [7, 11) is 0. The molecule has 0 unspecified atom stereocenters. The van der Waals surface area contributed by atoms with Crippen molar-refractivity contribution in [1.82, 2.24) is 5.48 Å². The van der Waals surface area contributed by atoms with Gasteiger partial charge in [0.05, 0.1) is 12.3 Å². The van der Waals surface area contributed by atoms with E-state index in [0.717, 1.165) is 11.1 Å². The van der Waals surface area contributed by atoms with Crippen LogP contribution in [0.25, 0.3) is 0 Å². The number of amides is 1. The van der Waals surface area contributed by atoms with E-state index >= 15 is 0 Å². The number of ether oxygens (including phenoxy) is 1. The van der Waals surface area contributed by atoms with Crippen LogP contribution in [0.1, 0.15) is 11.1 Å². The third kappa shape index (κ3) is 3.59. The predicted molar refractivity (Wildman–Crippen MR) is 78.6 cm³/mol. The topological polar surface area (TPSA) is 59.6 Å². The fourth-order valence-corrected chi connectivity index (χ4v) is 2.08. The normalized spacial score (nSPS) is 13.2. The molecule has 1 heterocycles. The molecule has 3 rings (SSSR count). The fraction of sp³-hybridized carbons (Fsp3) is 0.188. The summed E-state index contributed by atoms with van der Waals surface area (Å²) >= 11 is 0. The Balaban J connectivity index is 1.52. The Hall–Kier alpha value is -2.37. The number of hydrogen-bond acceptors (Lipinski definition) is 4. The third-order valence-electron chi connectivity index (χ3n) is 3.14. The minimum Gasteiger partial charge on any atom is -0.482 e. The van der Waals surface area contributed by atoms with E-state index in [4.69, 9.17) is 9.57 Å². The number of hydrogen-bond donors (Lipinski definition) is 2. The molecule has 108 valence electrons. The van der Waals surface area contributed by atoms with Gasteiger partial charge in [-0.25, -0.2) is 0 Å². The van der Waals surface area contributed by atoms with Gasteiger partial charge in [-0.05, 0) is 23.3 Å². The largest absolute Gasteiger partial charge is 0.482 e. The lowest BCUT2D eigenvalue weighted by atomic mass is 10.1. The average Bonchev–Trinajstić information content (AvgIpc) is 2.52. The van der Waals surface area contributed by atoms with Crippen molar-refractivity contribution in [3.05, 3.63) is 59.7 Å². The maximum absolute atomic E-state index is 11.3. The van der Waals surface area contributed by atoms with Gasteiger partial charge in [0.15, 0.2) is 6.61 Å². The van der Waals surface area contributed by atoms with Gasteiger partial charge in [0.1, 0.15) is 5.75 Å². The molecule has 1 aliphatic rings. The first-order valence-corrected chi connectivity index (χ1v) is 6.75. The molecule has 21 heavy (non-hydrogen) atoms. The van der Waals surface area contributed by atoms with Crippen molar-refractivity contribution in [3.8, 4) is 5.75 Å². The zero-order valence-electron chi connectivity index (χ0n) is 11.5. The van der Waals surface area contributed by atoms with Crippen molar-refractivity contribution in [1.29, 1.82) is 0 Å². The molecule has 0 aliphatic carbocycles. The first-order valence-electron chi connectivity index (χ1n) is 6.75. The first-order chi connectivity index (χ1) is 10.3. The highest BCUT2D eigenvalue weighted by molar-refractivity contribution is 5.95. The lowest BCUT2D eigenvalue weighted by Gasteiger charge is -2.18. The van der Waals surface area contributed by atoms with Crippen molar-refractivity contribution in [2.45, 2.75) is 13.2 Å². The first kappa shape index (κ1) is 13.6. The molecule has 0 spiro atoms. The standard InChI is InChI=1S/C16H16N2O3/c19-16-11-20-15-7-6-13(8-14(15)18-16)9-17-21-10-12-4-2-1-3-5-12/h1-8,17H,9-11H2,(H,18,19).